The molecule has 0 bridgehead atoms. The first-order valence-corrected chi connectivity index (χ1v) is 4.84. The first kappa shape index (κ1) is 10.3. The third-order valence-electron chi connectivity index (χ3n) is 2.39. The minimum atomic E-state index is -0.725. The van der Waals surface area contributed by atoms with E-state index in [2.05, 4.69) is 0 Å². The minimum Gasteiger partial charge on any atom is -0.481 e. The van der Waals surface area contributed by atoms with E-state index in [1.807, 2.05) is 6.08 Å². The van der Waals surface area contributed by atoms with Crippen molar-refractivity contribution < 1.29 is 9.90 Å². The second-order valence-electron chi connectivity index (χ2n) is 3.65. The molecule has 1 fully saturated rings. The molecule has 3 nitrogen and oxygen atoms in total. The van der Waals surface area contributed by atoms with Gasteiger partial charge in [-0.25, -0.2) is 0 Å². The summed E-state index contributed by atoms with van der Waals surface area (Å²) in [5.41, 5.74) is 7.15. The normalized spacial score (nSPS) is 26.2. The lowest BCUT2D eigenvalue weighted by atomic mass is 9.90. The third kappa shape index (κ3) is 4.08. The summed E-state index contributed by atoms with van der Waals surface area (Å²) < 4.78 is 0. The van der Waals surface area contributed by atoms with E-state index in [9.17, 15) is 4.79 Å². The van der Waals surface area contributed by atoms with Gasteiger partial charge in [0.25, 0.3) is 0 Å². The Kier molecular flexibility index (Phi) is 3.96. The highest BCUT2D eigenvalue weighted by Gasteiger charge is 2.12. The van der Waals surface area contributed by atoms with Crippen molar-refractivity contribution in [2.24, 2.45) is 5.73 Å². The molecule has 0 spiro atoms. The molecule has 0 radical (unpaired) electrons. The van der Waals surface area contributed by atoms with Gasteiger partial charge in [0, 0.05) is 12.5 Å². The summed E-state index contributed by atoms with van der Waals surface area (Å²) in [6, 6.07) is 0.296. The van der Waals surface area contributed by atoms with Crippen LogP contribution in [0.1, 0.15) is 38.5 Å². The topological polar surface area (TPSA) is 63.3 Å². The van der Waals surface area contributed by atoms with Crippen molar-refractivity contribution >= 4 is 5.97 Å². The van der Waals surface area contributed by atoms with Gasteiger partial charge in [-0.2, -0.15) is 0 Å². The van der Waals surface area contributed by atoms with Crippen LogP contribution in [0.25, 0.3) is 0 Å². The number of carboxylic acid groups (broad SMARTS) is 1. The lowest BCUT2D eigenvalue weighted by Gasteiger charge is -2.20. The quantitative estimate of drug-likeness (QED) is 0.654. The molecule has 1 aliphatic carbocycles. The fraction of sp³-hybridized carbons (Fsp3) is 0.700. The van der Waals surface area contributed by atoms with E-state index < -0.39 is 5.97 Å². The van der Waals surface area contributed by atoms with Crippen LogP contribution in [-0.4, -0.2) is 17.1 Å². The zero-order valence-electron chi connectivity index (χ0n) is 7.83. The molecular formula is C10H17NO2. The van der Waals surface area contributed by atoms with Crippen LogP contribution in [0, 0.1) is 0 Å². The number of hydrogen-bond donors (Lipinski definition) is 2. The highest BCUT2D eigenvalue weighted by molar-refractivity contribution is 5.66. The van der Waals surface area contributed by atoms with Gasteiger partial charge in [0.2, 0.25) is 0 Å². The van der Waals surface area contributed by atoms with Crippen LogP contribution < -0.4 is 5.73 Å². The first-order chi connectivity index (χ1) is 6.18. The summed E-state index contributed by atoms with van der Waals surface area (Å²) in [5.74, 6) is -0.725. The number of carbonyl (C=O) groups is 1. The van der Waals surface area contributed by atoms with Crippen LogP contribution in [0.15, 0.2) is 11.6 Å². The van der Waals surface area contributed by atoms with Crippen molar-refractivity contribution in [1.29, 1.82) is 0 Å². The molecule has 3 heteroatoms. The summed E-state index contributed by atoms with van der Waals surface area (Å²) >= 11 is 0. The first-order valence-electron chi connectivity index (χ1n) is 4.84. The fourth-order valence-electron chi connectivity index (χ4n) is 1.72. The Bertz CT molecular complexity index is 211. The Morgan fingerprint density at radius 3 is 3.08 bits per heavy atom. The lowest BCUT2D eigenvalue weighted by Crippen LogP contribution is -2.23. The molecule has 1 saturated carbocycles. The highest BCUT2D eigenvalue weighted by Crippen LogP contribution is 2.22. The number of hydrogen-bond acceptors (Lipinski definition) is 2. The molecule has 1 aliphatic rings. The molecule has 3 N–H and O–H groups in total. The second-order valence-corrected chi connectivity index (χ2v) is 3.65. The van der Waals surface area contributed by atoms with Crippen LogP contribution in [0.2, 0.25) is 0 Å². The Balaban J connectivity index is 2.28. The molecule has 0 aliphatic heterocycles. The predicted octanol–water partition coefficient (Wildman–Crippen LogP) is 1.68. The molecule has 0 aromatic heterocycles. The van der Waals surface area contributed by atoms with E-state index in [0.29, 0.717) is 12.5 Å². The lowest BCUT2D eigenvalue weighted by molar-refractivity contribution is -0.136. The Morgan fingerprint density at radius 1 is 1.69 bits per heavy atom. The molecule has 74 valence electrons. The van der Waals surface area contributed by atoms with Crippen molar-refractivity contribution in [1.82, 2.24) is 0 Å². The smallest absolute Gasteiger partial charge is 0.303 e. The van der Waals surface area contributed by atoms with Crippen LogP contribution in [-0.2, 0) is 4.79 Å². The minimum absolute atomic E-state index is 0.235. The van der Waals surface area contributed by atoms with Crippen LogP contribution >= 0.6 is 0 Å². The summed E-state index contributed by atoms with van der Waals surface area (Å²) in [7, 11) is 0. The Hall–Kier alpha value is -0.830. The Labute approximate surface area is 78.6 Å². The maximum absolute atomic E-state index is 10.3. The fourth-order valence-corrected chi connectivity index (χ4v) is 1.72. The number of allylic oxidation sites excluding steroid dienone is 1. The van der Waals surface area contributed by atoms with E-state index in [0.717, 1.165) is 25.7 Å². The summed E-state index contributed by atoms with van der Waals surface area (Å²) in [4.78, 5) is 10.3. The summed E-state index contributed by atoms with van der Waals surface area (Å²) in [6.07, 6.45) is 7.26. The van der Waals surface area contributed by atoms with Crippen molar-refractivity contribution in [3.05, 3.63) is 11.6 Å². The van der Waals surface area contributed by atoms with Crippen molar-refractivity contribution in [2.45, 2.75) is 44.6 Å². The molecular weight excluding hydrogens is 166 g/mol. The number of nitrogens with two attached hydrogens (primary N) is 1. The van der Waals surface area contributed by atoms with Gasteiger partial charge in [-0.3, -0.25) is 4.79 Å². The second kappa shape index (κ2) is 5.02. The van der Waals surface area contributed by atoms with Crippen molar-refractivity contribution in [2.75, 3.05) is 0 Å². The standard InChI is InChI=1S/C10H17NO2/c11-9-5-1-3-8(7-9)4-2-6-10(12)13/h4,9H,1-3,5-7,11H2,(H,12,13)/b8-4+. The SMILES string of the molecule is NC1CCC/C(=C\CCC(=O)O)C1. The van der Waals surface area contributed by atoms with Gasteiger partial charge in [0.1, 0.15) is 0 Å². The zero-order chi connectivity index (χ0) is 9.68. The van der Waals surface area contributed by atoms with E-state index in [4.69, 9.17) is 10.8 Å². The third-order valence-corrected chi connectivity index (χ3v) is 2.39. The Morgan fingerprint density at radius 2 is 2.46 bits per heavy atom. The molecule has 0 aromatic rings. The van der Waals surface area contributed by atoms with Gasteiger partial charge in [0.05, 0.1) is 0 Å². The van der Waals surface area contributed by atoms with Gasteiger partial charge in [-0.05, 0) is 32.1 Å². The van der Waals surface area contributed by atoms with Crippen LogP contribution in [0.4, 0.5) is 0 Å². The average Bonchev–Trinajstić information content (AvgIpc) is 2.03. The number of carboxylic acids is 1. The molecule has 0 saturated heterocycles. The van der Waals surface area contributed by atoms with Gasteiger partial charge < -0.3 is 10.8 Å². The maximum atomic E-state index is 10.3. The molecule has 13 heavy (non-hydrogen) atoms. The zero-order valence-corrected chi connectivity index (χ0v) is 7.83. The van der Waals surface area contributed by atoms with Crippen LogP contribution in [0.3, 0.4) is 0 Å². The molecule has 1 atom stereocenters. The number of rotatable bonds is 3. The van der Waals surface area contributed by atoms with Crippen LogP contribution in [0.5, 0.6) is 0 Å². The molecule has 0 aromatic carbocycles. The van der Waals surface area contributed by atoms with Gasteiger partial charge >= 0.3 is 5.97 Å². The molecule has 0 amide bonds. The van der Waals surface area contributed by atoms with Crippen molar-refractivity contribution in [3.63, 3.8) is 0 Å². The van der Waals surface area contributed by atoms with E-state index >= 15 is 0 Å². The monoisotopic (exact) mass is 183 g/mol. The van der Waals surface area contributed by atoms with Gasteiger partial charge in [0.15, 0.2) is 0 Å². The summed E-state index contributed by atoms with van der Waals surface area (Å²) in [6.45, 7) is 0. The maximum Gasteiger partial charge on any atom is 0.303 e. The largest absolute Gasteiger partial charge is 0.481 e. The highest BCUT2D eigenvalue weighted by atomic mass is 16.4. The van der Waals surface area contributed by atoms with Crippen molar-refractivity contribution in [3.8, 4) is 0 Å². The average molecular weight is 183 g/mol. The van der Waals surface area contributed by atoms with Gasteiger partial charge in [-0.15, -0.1) is 0 Å². The molecule has 1 rings (SSSR count). The number of aliphatic carboxylic acids is 1. The summed E-state index contributed by atoms with van der Waals surface area (Å²) in [5, 5.41) is 8.44. The van der Waals surface area contributed by atoms with Gasteiger partial charge in [-0.1, -0.05) is 11.6 Å². The van der Waals surface area contributed by atoms with E-state index in [-0.39, 0.29) is 6.42 Å². The van der Waals surface area contributed by atoms with E-state index in [1.165, 1.54) is 5.57 Å². The molecule has 0 heterocycles. The predicted molar refractivity (Wildman–Crippen MR) is 51.4 cm³/mol. The van der Waals surface area contributed by atoms with E-state index in [1.54, 1.807) is 0 Å². The molecule has 1 unspecified atom stereocenters.